The number of carbonyl (C=O) groups excluding carboxylic acids is 2. The minimum Gasteiger partial charge on any atom is -0.457 e. The first kappa shape index (κ1) is 50.7. The number of rotatable bonds is 40. The number of hydrogen-bond donors (Lipinski definition) is 3. The summed E-state index contributed by atoms with van der Waals surface area (Å²) in [4.78, 5) is 34.4. The van der Waals surface area contributed by atoms with Crippen molar-refractivity contribution in [3.63, 3.8) is 0 Å². The van der Waals surface area contributed by atoms with E-state index in [0.717, 1.165) is 57.8 Å². The van der Waals surface area contributed by atoms with Crippen molar-refractivity contribution in [3.05, 3.63) is 12.2 Å². The minimum absolute atomic E-state index is 0.185. The molecule has 0 spiro atoms. The lowest BCUT2D eigenvalue weighted by molar-refractivity contribution is -0.153. The Labute approximate surface area is 317 Å². The summed E-state index contributed by atoms with van der Waals surface area (Å²) < 4.78 is 32.5. The topological polar surface area (TPSA) is 149 Å². The Hall–Kier alpha value is -1.29. The fraction of sp³-hybridized carbons (Fsp3) is 0.902. The van der Waals surface area contributed by atoms with Gasteiger partial charge < -0.3 is 24.6 Å². The highest BCUT2D eigenvalue weighted by molar-refractivity contribution is 7.47. The Morgan fingerprint density at radius 3 is 1.10 bits per heavy atom. The van der Waals surface area contributed by atoms with Crippen LogP contribution in [0.15, 0.2) is 12.2 Å². The summed E-state index contributed by atoms with van der Waals surface area (Å²) in [7, 11) is -4.63. The first-order valence-electron chi connectivity index (χ1n) is 21.1. The van der Waals surface area contributed by atoms with Crippen molar-refractivity contribution >= 4 is 19.8 Å². The fourth-order valence-electron chi connectivity index (χ4n) is 5.93. The van der Waals surface area contributed by atoms with Gasteiger partial charge in [0.05, 0.1) is 26.4 Å². The molecule has 0 aliphatic heterocycles. The van der Waals surface area contributed by atoms with Gasteiger partial charge in [0.1, 0.15) is 12.2 Å². The number of aliphatic hydroxyl groups is 2. The van der Waals surface area contributed by atoms with E-state index in [1.165, 1.54) is 103 Å². The summed E-state index contributed by atoms with van der Waals surface area (Å²) in [5.74, 6) is -1.02. The molecule has 3 atom stereocenters. The summed E-state index contributed by atoms with van der Waals surface area (Å²) in [6, 6.07) is 0. The van der Waals surface area contributed by atoms with E-state index >= 15 is 0 Å². The molecule has 0 aromatic heterocycles. The van der Waals surface area contributed by atoms with E-state index in [4.69, 9.17) is 18.5 Å². The molecule has 308 valence electrons. The maximum Gasteiger partial charge on any atom is 0.472 e. The second-order valence-electron chi connectivity index (χ2n) is 14.3. The molecule has 11 heteroatoms. The zero-order valence-corrected chi connectivity index (χ0v) is 34.2. The summed E-state index contributed by atoms with van der Waals surface area (Å²) in [5, 5.41) is 19.1. The van der Waals surface area contributed by atoms with Gasteiger partial charge >= 0.3 is 19.8 Å². The second kappa shape index (κ2) is 38.0. The first-order chi connectivity index (χ1) is 25.3. The summed E-state index contributed by atoms with van der Waals surface area (Å²) in [5.41, 5.74) is 0. The lowest BCUT2D eigenvalue weighted by atomic mass is 10.0. The molecular weight excluding hydrogens is 683 g/mol. The van der Waals surface area contributed by atoms with Crippen LogP contribution in [-0.2, 0) is 32.7 Å². The van der Waals surface area contributed by atoms with Crippen LogP contribution < -0.4 is 0 Å². The standard InChI is InChI=1S/C41H79O10P/c1-3-5-7-9-11-13-15-17-19-21-23-25-27-29-31-33-41(45)51-39(35-43)37-49-52(46,47)48-36-38(34-42)50-40(44)32-30-28-26-24-22-20-18-16-14-12-10-8-6-4-2/h17,19,38-39,42-43H,3-16,18,20-37H2,1-2H3,(H,46,47)/b19-17-. The lowest BCUT2D eigenvalue weighted by Crippen LogP contribution is -2.28. The van der Waals surface area contributed by atoms with E-state index in [2.05, 4.69) is 26.0 Å². The van der Waals surface area contributed by atoms with Gasteiger partial charge in [0.15, 0.2) is 0 Å². The molecule has 3 unspecified atom stereocenters. The molecule has 0 aromatic carbocycles. The van der Waals surface area contributed by atoms with Gasteiger partial charge in [0.25, 0.3) is 0 Å². The van der Waals surface area contributed by atoms with Gasteiger partial charge in [-0.3, -0.25) is 18.6 Å². The Morgan fingerprint density at radius 1 is 0.500 bits per heavy atom. The van der Waals surface area contributed by atoms with Gasteiger partial charge in [-0.25, -0.2) is 4.57 Å². The quantitative estimate of drug-likeness (QED) is 0.0238. The molecule has 0 radical (unpaired) electrons. The summed E-state index contributed by atoms with van der Waals surface area (Å²) >= 11 is 0. The monoisotopic (exact) mass is 763 g/mol. The third kappa shape index (κ3) is 35.7. The number of allylic oxidation sites excluding steroid dienone is 2. The molecule has 0 rings (SSSR count). The van der Waals surface area contributed by atoms with Crippen molar-refractivity contribution in [3.8, 4) is 0 Å². The minimum atomic E-state index is -4.63. The van der Waals surface area contributed by atoms with E-state index in [1.54, 1.807) is 0 Å². The summed E-state index contributed by atoms with van der Waals surface area (Å²) in [6.45, 7) is 2.21. The number of unbranched alkanes of at least 4 members (excludes halogenated alkanes) is 24. The van der Waals surface area contributed by atoms with Crippen LogP contribution in [-0.4, -0.2) is 65.7 Å². The van der Waals surface area contributed by atoms with Crippen molar-refractivity contribution in [1.29, 1.82) is 0 Å². The van der Waals surface area contributed by atoms with Crippen LogP contribution in [0.3, 0.4) is 0 Å². The van der Waals surface area contributed by atoms with Crippen LogP contribution in [0.4, 0.5) is 0 Å². The van der Waals surface area contributed by atoms with Crippen LogP contribution in [0.5, 0.6) is 0 Å². The fourth-order valence-corrected chi connectivity index (χ4v) is 6.72. The third-order valence-electron chi connectivity index (χ3n) is 9.23. The average molecular weight is 763 g/mol. The van der Waals surface area contributed by atoms with Crippen molar-refractivity contribution < 1.29 is 47.8 Å². The van der Waals surface area contributed by atoms with Crippen LogP contribution in [0.25, 0.3) is 0 Å². The van der Waals surface area contributed by atoms with Gasteiger partial charge in [0.2, 0.25) is 0 Å². The molecule has 0 saturated carbocycles. The second-order valence-corrected chi connectivity index (χ2v) is 15.8. The smallest absolute Gasteiger partial charge is 0.457 e. The normalized spacial score (nSPS) is 14.0. The lowest BCUT2D eigenvalue weighted by Gasteiger charge is -2.20. The van der Waals surface area contributed by atoms with Crippen molar-refractivity contribution in [2.24, 2.45) is 0 Å². The third-order valence-corrected chi connectivity index (χ3v) is 10.2. The highest BCUT2D eigenvalue weighted by Gasteiger charge is 2.27. The molecule has 0 bridgehead atoms. The Bertz CT molecular complexity index is 884. The van der Waals surface area contributed by atoms with E-state index in [-0.39, 0.29) is 12.8 Å². The van der Waals surface area contributed by atoms with Gasteiger partial charge in [-0.05, 0) is 38.5 Å². The molecule has 0 fully saturated rings. The number of esters is 2. The zero-order chi connectivity index (χ0) is 38.4. The maximum absolute atomic E-state index is 12.3. The number of phosphoric ester groups is 1. The van der Waals surface area contributed by atoms with Crippen molar-refractivity contribution in [2.45, 2.75) is 212 Å². The maximum atomic E-state index is 12.3. The molecule has 3 N–H and O–H groups in total. The van der Waals surface area contributed by atoms with Crippen LogP contribution in [0.1, 0.15) is 200 Å². The molecule has 52 heavy (non-hydrogen) atoms. The number of aliphatic hydroxyl groups excluding tert-OH is 2. The number of carbonyl (C=O) groups is 2. The van der Waals surface area contributed by atoms with Crippen LogP contribution in [0.2, 0.25) is 0 Å². The molecule has 0 aliphatic rings. The van der Waals surface area contributed by atoms with Crippen LogP contribution >= 0.6 is 7.82 Å². The van der Waals surface area contributed by atoms with Gasteiger partial charge in [-0.1, -0.05) is 161 Å². The molecule has 0 aromatic rings. The summed E-state index contributed by atoms with van der Waals surface area (Å²) in [6.07, 6.45) is 34.7. The predicted octanol–water partition coefficient (Wildman–Crippen LogP) is 10.8. The van der Waals surface area contributed by atoms with E-state index < -0.39 is 58.4 Å². The van der Waals surface area contributed by atoms with Crippen molar-refractivity contribution in [2.75, 3.05) is 26.4 Å². The van der Waals surface area contributed by atoms with Gasteiger partial charge in [0, 0.05) is 12.8 Å². The largest absolute Gasteiger partial charge is 0.472 e. The molecule has 0 aliphatic carbocycles. The average Bonchev–Trinajstić information content (AvgIpc) is 3.13. The number of hydrogen-bond acceptors (Lipinski definition) is 9. The van der Waals surface area contributed by atoms with Gasteiger partial charge in [-0.15, -0.1) is 0 Å². The molecule has 0 amide bonds. The number of ether oxygens (including phenoxy) is 2. The van der Waals surface area contributed by atoms with E-state index in [1.807, 2.05) is 0 Å². The van der Waals surface area contributed by atoms with Crippen LogP contribution in [0, 0.1) is 0 Å². The van der Waals surface area contributed by atoms with E-state index in [0.29, 0.717) is 12.8 Å². The Morgan fingerprint density at radius 2 is 0.788 bits per heavy atom. The highest BCUT2D eigenvalue weighted by atomic mass is 31.2. The predicted molar refractivity (Wildman–Crippen MR) is 210 cm³/mol. The van der Waals surface area contributed by atoms with E-state index in [9.17, 15) is 29.3 Å². The Balaban J connectivity index is 3.93. The highest BCUT2D eigenvalue weighted by Crippen LogP contribution is 2.43. The SMILES string of the molecule is CCCCCCCC/C=C\CCCCCCCC(=O)OC(CO)COP(=O)(O)OCC(CO)OC(=O)CCCCCCCCCCCCCCCC. The van der Waals surface area contributed by atoms with Crippen molar-refractivity contribution in [1.82, 2.24) is 0 Å². The number of phosphoric acid groups is 1. The molecular formula is C41H79O10P. The molecule has 10 nitrogen and oxygen atoms in total. The van der Waals surface area contributed by atoms with Gasteiger partial charge in [-0.2, -0.15) is 0 Å². The Kier molecular flexibility index (Phi) is 37.1. The molecule has 0 heterocycles. The molecule has 0 saturated heterocycles. The first-order valence-corrected chi connectivity index (χ1v) is 22.6. The zero-order valence-electron chi connectivity index (χ0n) is 33.3.